The summed E-state index contributed by atoms with van der Waals surface area (Å²) >= 11 is 11.4. The Labute approximate surface area is 125 Å². The molecule has 20 heavy (non-hydrogen) atoms. The lowest BCUT2D eigenvalue weighted by Gasteiger charge is -2.21. The highest BCUT2D eigenvalue weighted by molar-refractivity contribution is 6.35. The lowest BCUT2D eigenvalue weighted by atomic mass is 10.2. The molecule has 0 unspecified atom stereocenters. The predicted octanol–water partition coefficient (Wildman–Crippen LogP) is 3.59. The Bertz CT molecular complexity index is 637. The SMILES string of the molecule is CCN(C(=O)c1cc(F)c(Cl)nc1Cl)c1cccnc1. The van der Waals surface area contributed by atoms with E-state index in [9.17, 15) is 9.18 Å². The van der Waals surface area contributed by atoms with Crippen molar-refractivity contribution in [3.05, 3.63) is 52.3 Å². The molecule has 0 aliphatic heterocycles. The summed E-state index contributed by atoms with van der Waals surface area (Å²) in [7, 11) is 0. The van der Waals surface area contributed by atoms with Crippen molar-refractivity contribution in [1.82, 2.24) is 9.97 Å². The second-order valence-corrected chi connectivity index (χ2v) is 4.58. The summed E-state index contributed by atoms with van der Waals surface area (Å²) < 4.78 is 13.5. The zero-order chi connectivity index (χ0) is 14.7. The summed E-state index contributed by atoms with van der Waals surface area (Å²) in [4.78, 5) is 21.4. The van der Waals surface area contributed by atoms with Crippen LogP contribution in [0.5, 0.6) is 0 Å². The van der Waals surface area contributed by atoms with Gasteiger partial charge in [-0.25, -0.2) is 9.37 Å². The molecule has 2 rings (SSSR count). The van der Waals surface area contributed by atoms with Gasteiger partial charge in [0.2, 0.25) is 0 Å². The minimum absolute atomic E-state index is 0.0423. The molecular formula is C13H10Cl2FN3O. The van der Waals surface area contributed by atoms with Crippen LogP contribution < -0.4 is 4.90 Å². The van der Waals surface area contributed by atoms with Crippen LogP contribution in [0.4, 0.5) is 10.1 Å². The third-order valence-corrected chi connectivity index (χ3v) is 3.19. The molecule has 4 nitrogen and oxygen atoms in total. The first-order valence-electron chi connectivity index (χ1n) is 5.78. The van der Waals surface area contributed by atoms with E-state index in [1.165, 1.54) is 11.1 Å². The highest BCUT2D eigenvalue weighted by Gasteiger charge is 2.21. The summed E-state index contributed by atoms with van der Waals surface area (Å²) in [6.45, 7) is 2.17. The van der Waals surface area contributed by atoms with Gasteiger partial charge in [0, 0.05) is 12.7 Å². The molecule has 0 spiro atoms. The van der Waals surface area contributed by atoms with Crippen molar-refractivity contribution in [2.24, 2.45) is 0 Å². The van der Waals surface area contributed by atoms with Gasteiger partial charge in [0.25, 0.3) is 5.91 Å². The molecule has 0 aromatic carbocycles. The number of halogens is 3. The summed E-state index contributed by atoms with van der Waals surface area (Å²) in [5.41, 5.74) is 0.547. The van der Waals surface area contributed by atoms with E-state index in [2.05, 4.69) is 9.97 Å². The van der Waals surface area contributed by atoms with E-state index in [1.807, 2.05) is 0 Å². The van der Waals surface area contributed by atoms with Crippen LogP contribution in [0, 0.1) is 5.82 Å². The first kappa shape index (κ1) is 14.7. The number of hydrogen-bond acceptors (Lipinski definition) is 3. The highest BCUT2D eigenvalue weighted by Crippen LogP contribution is 2.23. The Balaban J connectivity index is 2.42. The molecule has 0 fully saturated rings. The van der Waals surface area contributed by atoms with Crippen LogP contribution in [0.25, 0.3) is 0 Å². The van der Waals surface area contributed by atoms with Gasteiger partial charge in [-0.3, -0.25) is 9.78 Å². The Kier molecular flexibility index (Phi) is 4.52. The molecular weight excluding hydrogens is 304 g/mol. The molecule has 2 heterocycles. The van der Waals surface area contributed by atoms with Crippen molar-refractivity contribution in [3.63, 3.8) is 0 Å². The maximum Gasteiger partial charge on any atom is 0.261 e. The molecule has 0 saturated carbocycles. The van der Waals surface area contributed by atoms with Crippen molar-refractivity contribution in [2.75, 3.05) is 11.4 Å². The van der Waals surface area contributed by atoms with Crippen LogP contribution in [0.3, 0.4) is 0 Å². The molecule has 1 amide bonds. The number of nitrogens with zero attached hydrogens (tertiary/aromatic N) is 3. The van der Waals surface area contributed by atoms with E-state index < -0.39 is 11.7 Å². The van der Waals surface area contributed by atoms with E-state index in [0.717, 1.165) is 6.07 Å². The topological polar surface area (TPSA) is 46.1 Å². The minimum atomic E-state index is -0.790. The fourth-order valence-corrected chi connectivity index (χ4v) is 2.10. The van der Waals surface area contributed by atoms with E-state index in [0.29, 0.717) is 12.2 Å². The van der Waals surface area contributed by atoms with Crippen molar-refractivity contribution in [3.8, 4) is 0 Å². The maximum absolute atomic E-state index is 13.5. The normalized spacial score (nSPS) is 10.4. The fourth-order valence-electron chi connectivity index (χ4n) is 1.70. The average molecular weight is 314 g/mol. The van der Waals surface area contributed by atoms with Crippen LogP contribution in [0.15, 0.2) is 30.6 Å². The number of rotatable bonds is 3. The summed E-state index contributed by atoms with van der Waals surface area (Å²) in [5, 5.41) is -0.500. The molecule has 104 valence electrons. The van der Waals surface area contributed by atoms with Gasteiger partial charge in [0.15, 0.2) is 11.0 Å². The summed E-state index contributed by atoms with van der Waals surface area (Å²) in [5.74, 6) is -1.25. The number of anilines is 1. The first-order valence-corrected chi connectivity index (χ1v) is 6.53. The third-order valence-electron chi connectivity index (χ3n) is 2.64. The predicted molar refractivity (Wildman–Crippen MR) is 75.8 cm³/mol. The number of hydrogen-bond donors (Lipinski definition) is 0. The van der Waals surface area contributed by atoms with Crippen LogP contribution in [-0.4, -0.2) is 22.4 Å². The number of pyridine rings is 2. The molecule has 0 N–H and O–H groups in total. The monoisotopic (exact) mass is 313 g/mol. The van der Waals surface area contributed by atoms with Gasteiger partial charge in [-0.1, -0.05) is 23.2 Å². The Morgan fingerprint density at radius 3 is 2.75 bits per heavy atom. The zero-order valence-electron chi connectivity index (χ0n) is 10.5. The molecule has 0 bridgehead atoms. The highest BCUT2D eigenvalue weighted by atomic mass is 35.5. The molecule has 7 heteroatoms. The Morgan fingerprint density at radius 1 is 1.40 bits per heavy atom. The summed E-state index contributed by atoms with van der Waals surface area (Å²) in [6.07, 6.45) is 3.13. The van der Waals surface area contributed by atoms with Crippen LogP contribution in [0.2, 0.25) is 10.3 Å². The molecule has 2 aromatic rings. The molecule has 0 radical (unpaired) electrons. The van der Waals surface area contributed by atoms with Crippen molar-refractivity contribution < 1.29 is 9.18 Å². The van der Waals surface area contributed by atoms with Crippen LogP contribution in [0.1, 0.15) is 17.3 Å². The van der Waals surface area contributed by atoms with Crippen molar-refractivity contribution in [1.29, 1.82) is 0 Å². The van der Waals surface area contributed by atoms with Gasteiger partial charge in [0.1, 0.15) is 5.15 Å². The van der Waals surface area contributed by atoms with Gasteiger partial charge in [0.05, 0.1) is 17.4 Å². The first-order chi connectivity index (χ1) is 9.54. The molecule has 2 aromatic heterocycles. The largest absolute Gasteiger partial charge is 0.307 e. The van der Waals surface area contributed by atoms with Crippen LogP contribution in [-0.2, 0) is 0 Å². The van der Waals surface area contributed by atoms with Crippen LogP contribution >= 0.6 is 23.2 Å². The smallest absolute Gasteiger partial charge is 0.261 e. The summed E-state index contributed by atoms with van der Waals surface area (Å²) in [6, 6.07) is 4.41. The quantitative estimate of drug-likeness (QED) is 0.813. The van der Waals surface area contributed by atoms with E-state index >= 15 is 0 Å². The Morgan fingerprint density at radius 2 is 2.15 bits per heavy atom. The fraction of sp³-hybridized carbons (Fsp3) is 0.154. The van der Waals surface area contributed by atoms with Gasteiger partial charge in [-0.15, -0.1) is 0 Å². The standard InChI is InChI=1S/C13H10Cl2FN3O/c1-2-19(8-4-3-5-17-7-8)13(20)9-6-10(16)12(15)18-11(9)14/h3-7H,2H2,1H3. The Hall–Kier alpha value is -1.72. The molecule has 0 aliphatic rings. The van der Waals surface area contributed by atoms with E-state index in [-0.39, 0.29) is 15.9 Å². The molecule has 0 atom stereocenters. The van der Waals surface area contributed by atoms with Gasteiger partial charge in [-0.2, -0.15) is 0 Å². The van der Waals surface area contributed by atoms with Gasteiger partial charge >= 0.3 is 0 Å². The number of aromatic nitrogens is 2. The van der Waals surface area contributed by atoms with E-state index in [1.54, 1.807) is 25.3 Å². The lowest BCUT2D eigenvalue weighted by Crippen LogP contribution is -2.31. The number of carbonyl (C=O) groups is 1. The lowest BCUT2D eigenvalue weighted by molar-refractivity contribution is 0.0987. The third kappa shape index (κ3) is 2.89. The van der Waals surface area contributed by atoms with E-state index in [4.69, 9.17) is 23.2 Å². The molecule has 0 saturated heterocycles. The maximum atomic E-state index is 13.5. The second kappa shape index (κ2) is 6.15. The van der Waals surface area contributed by atoms with Crippen molar-refractivity contribution >= 4 is 34.8 Å². The van der Waals surface area contributed by atoms with Crippen molar-refractivity contribution in [2.45, 2.75) is 6.92 Å². The number of carbonyl (C=O) groups excluding carboxylic acids is 1. The second-order valence-electron chi connectivity index (χ2n) is 3.86. The van der Waals surface area contributed by atoms with Gasteiger partial charge in [-0.05, 0) is 25.1 Å². The molecule has 0 aliphatic carbocycles. The van der Waals surface area contributed by atoms with Gasteiger partial charge < -0.3 is 4.90 Å². The zero-order valence-corrected chi connectivity index (χ0v) is 12.0. The average Bonchev–Trinajstić information content (AvgIpc) is 2.44. The minimum Gasteiger partial charge on any atom is -0.307 e. The number of amides is 1.